The van der Waals surface area contributed by atoms with Crippen molar-refractivity contribution in [2.24, 2.45) is 0 Å². The lowest BCUT2D eigenvalue weighted by atomic mass is 10.1. The van der Waals surface area contributed by atoms with E-state index in [0.29, 0.717) is 6.54 Å². The molecule has 0 fully saturated rings. The highest BCUT2D eigenvalue weighted by atomic mass is 16.1. The molecule has 1 aliphatic rings. The number of amides is 1. The summed E-state index contributed by atoms with van der Waals surface area (Å²) >= 11 is 0. The van der Waals surface area contributed by atoms with Crippen molar-refractivity contribution >= 4 is 11.6 Å². The van der Waals surface area contributed by atoms with E-state index in [2.05, 4.69) is 21.7 Å². The molecule has 5 heteroatoms. The SMILES string of the molecule is CCc1nccn1CC(=O)Nc1ccc2c(c1)CNC2. The molecular formula is C15H18N4O. The van der Waals surface area contributed by atoms with Crippen LogP contribution in [0.2, 0.25) is 0 Å². The van der Waals surface area contributed by atoms with Crippen molar-refractivity contribution in [2.75, 3.05) is 5.32 Å². The van der Waals surface area contributed by atoms with E-state index in [1.165, 1.54) is 11.1 Å². The highest BCUT2D eigenvalue weighted by molar-refractivity contribution is 5.90. The first-order chi connectivity index (χ1) is 9.76. The number of aromatic nitrogens is 2. The van der Waals surface area contributed by atoms with Crippen molar-refractivity contribution < 1.29 is 4.79 Å². The number of nitrogens with zero attached hydrogens (tertiary/aromatic N) is 2. The van der Waals surface area contributed by atoms with Crippen LogP contribution in [0.5, 0.6) is 0 Å². The van der Waals surface area contributed by atoms with Crippen LogP contribution in [-0.4, -0.2) is 15.5 Å². The van der Waals surface area contributed by atoms with E-state index in [0.717, 1.165) is 31.0 Å². The Balaban J connectivity index is 1.67. The van der Waals surface area contributed by atoms with Gasteiger partial charge in [-0.25, -0.2) is 4.98 Å². The van der Waals surface area contributed by atoms with Gasteiger partial charge in [0.15, 0.2) is 0 Å². The molecule has 3 rings (SSSR count). The minimum absolute atomic E-state index is 0.0244. The lowest BCUT2D eigenvalue weighted by Crippen LogP contribution is -2.19. The van der Waals surface area contributed by atoms with Gasteiger partial charge in [-0.2, -0.15) is 0 Å². The van der Waals surface area contributed by atoms with Gasteiger partial charge in [-0.1, -0.05) is 13.0 Å². The topological polar surface area (TPSA) is 59.0 Å². The standard InChI is InChI=1S/C15H18N4O/c1-2-14-17-5-6-19(14)10-15(20)18-13-4-3-11-8-16-9-12(11)7-13/h3-7,16H,2,8-10H2,1H3,(H,18,20). The van der Waals surface area contributed by atoms with E-state index in [9.17, 15) is 4.79 Å². The summed E-state index contributed by atoms with van der Waals surface area (Å²) in [5.74, 6) is 0.905. The number of imidazole rings is 1. The van der Waals surface area contributed by atoms with Crippen molar-refractivity contribution in [1.29, 1.82) is 0 Å². The molecule has 0 atom stereocenters. The molecule has 1 aromatic carbocycles. The third kappa shape index (κ3) is 2.58. The first-order valence-electron chi connectivity index (χ1n) is 6.88. The first kappa shape index (κ1) is 12.9. The number of hydrogen-bond donors (Lipinski definition) is 2. The second-order valence-corrected chi connectivity index (χ2v) is 4.96. The van der Waals surface area contributed by atoms with Crippen LogP contribution in [0, 0.1) is 0 Å². The van der Waals surface area contributed by atoms with Crippen LogP contribution < -0.4 is 10.6 Å². The fraction of sp³-hybridized carbons (Fsp3) is 0.333. The number of fused-ring (bicyclic) bond motifs is 1. The number of anilines is 1. The van der Waals surface area contributed by atoms with Gasteiger partial charge in [0.1, 0.15) is 12.4 Å². The Morgan fingerprint density at radius 1 is 1.40 bits per heavy atom. The second kappa shape index (κ2) is 5.46. The number of rotatable bonds is 4. The summed E-state index contributed by atoms with van der Waals surface area (Å²) in [5.41, 5.74) is 3.43. The number of aryl methyl sites for hydroxylation is 1. The minimum Gasteiger partial charge on any atom is -0.326 e. The fourth-order valence-electron chi connectivity index (χ4n) is 2.53. The average Bonchev–Trinajstić information content (AvgIpc) is 3.06. The molecule has 104 valence electrons. The Bertz CT molecular complexity index is 633. The monoisotopic (exact) mass is 270 g/mol. The highest BCUT2D eigenvalue weighted by Gasteiger charge is 2.12. The van der Waals surface area contributed by atoms with E-state index >= 15 is 0 Å². The predicted octanol–water partition coefficient (Wildman–Crippen LogP) is 1.69. The molecule has 0 spiro atoms. The van der Waals surface area contributed by atoms with Gasteiger partial charge in [0.25, 0.3) is 0 Å². The predicted molar refractivity (Wildman–Crippen MR) is 77.2 cm³/mol. The van der Waals surface area contributed by atoms with E-state index in [1.807, 2.05) is 29.8 Å². The molecule has 20 heavy (non-hydrogen) atoms. The van der Waals surface area contributed by atoms with Crippen molar-refractivity contribution in [2.45, 2.75) is 33.0 Å². The van der Waals surface area contributed by atoms with E-state index in [-0.39, 0.29) is 5.91 Å². The van der Waals surface area contributed by atoms with Crippen LogP contribution in [0.4, 0.5) is 5.69 Å². The third-order valence-corrected chi connectivity index (χ3v) is 3.55. The van der Waals surface area contributed by atoms with Crippen molar-refractivity contribution in [3.63, 3.8) is 0 Å². The van der Waals surface area contributed by atoms with Gasteiger partial charge < -0.3 is 15.2 Å². The quantitative estimate of drug-likeness (QED) is 0.889. The van der Waals surface area contributed by atoms with Gasteiger partial charge in [-0.15, -0.1) is 0 Å². The molecular weight excluding hydrogens is 252 g/mol. The lowest BCUT2D eigenvalue weighted by Gasteiger charge is -2.09. The average molecular weight is 270 g/mol. The smallest absolute Gasteiger partial charge is 0.244 e. The van der Waals surface area contributed by atoms with Crippen LogP contribution in [0.3, 0.4) is 0 Å². The summed E-state index contributed by atoms with van der Waals surface area (Å²) in [6.07, 6.45) is 4.39. The maximum atomic E-state index is 12.1. The zero-order valence-corrected chi connectivity index (χ0v) is 11.5. The van der Waals surface area contributed by atoms with E-state index < -0.39 is 0 Å². The van der Waals surface area contributed by atoms with Gasteiger partial charge in [0.2, 0.25) is 5.91 Å². The van der Waals surface area contributed by atoms with Crippen molar-refractivity contribution in [3.05, 3.63) is 47.5 Å². The highest BCUT2D eigenvalue weighted by Crippen LogP contribution is 2.20. The molecule has 0 radical (unpaired) electrons. The number of benzene rings is 1. The molecule has 2 N–H and O–H groups in total. The molecule has 5 nitrogen and oxygen atoms in total. The number of carbonyl (C=O) groups is 1. The summed E-state index contributed by atoms with van der Waals surface area (Å²) in [7, 11) is 0. The largest absolute Gasteiger partial charge is 0.326 e. The molecule has 0 unspecified atom stereocenters. The molecule has 1 aliphatic heterocycles. The Labute approximate surface area is 118 Å². The third-order valence-electron chi connectivity index (χ3n) is 3.55. The summed E-state index contributed by atoms with van der Waals surface area (Å²) in [6.45, 7) is 4.13. The lowest BCUT2D eigenvalue weighted by molar-refractivity contribution is -0.116. The molecule has 0 saturated carbocycles. The Hall–Kier alpha value is -2.14. The van der Waals surface area contributed by atoms with Gasteiger partial charge in [-0.05, 0) is 23.3 Å². The van der Waals surface area contributed by atoms with Gasteiger partial charge >= 0.3 is 0 Å². The first-order valence-corrected chi connectivity index (χ1v) is 6.88. The number of hydrogen-bond acceptors (Lipinski definition) is 3. The van der Waals surface area contributed by atoms with Crippen molar-refractivity contribution in [3.8, 4) is 0 Å². The van der Waals surface area contributed by atoms with E-state index in [1.54, 1.807) is 6.20 Å². The van der Waals surface area contributed by atoms with Crippen LogP contribution in [-0.2, 0) is 30.8 Å². The van der Waals surface area contributed by atoms with Crippen LogP contribution in [0.1, 0.15) is 23.9 Å². The minimum atomic E-state index is -0.0244. The summed E-state index contributed by atoms with van der Waals surface area (Å²) in [5, 5.41) is 6.24. The Kier molecular flexibility index (Phi) is 3.52. The maximum absolute atomic E-state index is 12.1. The Morgan fingerprint density at radius 3 is 3.10 bits per heavy atom. The number of nitrogens with one attached hydrogen (secondary N) is 2. The van der Waals surface area contributed by atoms with Crippen LogP contribution >= 0.6 is 0 Å². The van der Waals surface area contributed by atoms with Gasteiger partial charge in [0.05, 0.1) is 0 Å². The maximum Gasteiger partial charge on any atom is 0.244 e. The number of carbonyl (C=O) groups excluding carboxylic acids is 1. The fourth-order valence-corrected chi connectivity index (χ4v) is 2.53. The van der Waals surface area contributed by atoms with Crippen molar-refractivity contribution in [1.82, 2.24) is 14.9 Å². The van der Waals surface area contributed by atoms with Gasteiger partial charge in [-0.3, -0.25) is 4.79 Å². The van der Waals surface area contributed by atoms with E-state index in [4.69, 9.17) is 0 Å². The van der Waals surface area contributed by atoms with Crippen LogP contribution in [0.15, 0.2) is 30.6 Å². The Morgan fingerprint density at radius 2 is 2.25 bits per heavy atom. The zero-order valence-electron chi connectivity index (χ0n) is 11.5. The molecule has 2 aromatic rings. The zero-order chi connectivity index (χ0) is 13.9. The normalized spacial score (nSPS) is 13.2. The second-order valence-electron chi connectivity index (χ2n) is 4.96. The summed E-state index contributed by atoms with van der Waals surface area (Å²) in [4.78, 5) is 16.3. The molecule has 0 bridgehead atoms. The molecule has 0 saturated heterocycles. The molecule has 2 heterocycles. The molecule has 0 aliphatic carbocycles. The van der Waals surface area contributed by atoms with Gasteiger partial charge in [0, 0.05) is 37.6 Å². The molecule has 1 aromatic heterocycles. The van der Waals surface area contributed by atoms with Crippen LogP contribution in [0.25, 0.3) is 0 Å². The molecule has 1 amide bonds. The summed E-state index contributed by atoms with van der Waals surface area (Å²) in [6, 6.07) is 6.07. The summed E-state index contributed by atoms with van der Waals surface area (Å²) < 4.78 is 1.88.